The van der Waals surface area contributed by atoms with Gasteiger partial charge in [0.2, 0.25) is 0 Å². The lowest BCUT2D eigenvalue weighted by Crippen LogP contribution is -2.20. The summed E-state index contributed by atoms with van der Waals surface area (Å²) in [6.45, 7) is 1.83. The van der Waals surface area contributed by atoms with Crippen LogP contribution in [-0.4, -0.2) is 37.7 Å². The van der Waals surface area contributed by atoms with Crippen LogP contribution >= 0.6 is 0 Å². The zero-order valence-corrected chi connectivity index (χ0v) is 12.4. The Morgan fingerprint density at radius 1 is 1.22 bits per heavy atom. The molecule has 0 aliphatic heterocycles. The van der Waals surface area contributed by atoms with Crippen molar-refractivity contribution in [2.45, 2.75) is 6.92 Å². The number of aryl methyl sites for hydroxylation is 1. The standard InChI is InChI=1S/C15H14N6O2/c1-11-2-7-14(16-8-11)18-15(22)9-23-13-5-3-12(4-6-13)21-10-17-19-20-21/h2-8,10H,9H2,1H3,(H,16,18,22). The van der Waals surface area contributed by atoms with Crippen molar-refractivity contribution in [2.75, 3.05) is 11.9 Å². The first kappa shape index (κ1) is 14.6. The highest BCUT2D eigenvalue weighted by atomic mass is 16.5. The Bertz CT molecular complexity index is 769. The van der Waals surface area contributed by atoms with E-state index in [0.717, 1.165) is 11.3 Å². The lowest BCUT2D eigenvalue weighted by Gasteiger charge is -2.07. The fraction of sp³-hybridized carbons (Fsp3) is 0.133. The molecule has 0 atom stereocenters. The van der Waals surface area contributed by atoms with Gasteiger partial charge in [0.15, 0.2) is 6.61 Å². The van der Waals surface area contributed by atoms with Gasteiger partial charge in [-0.25, -0.2) is 9.67 Å². The second-order valence-electron chi connectivity index (χ2n) is 4.81. The van der Waals surface area contributed by atoms with Crippen LogP contribution in [-0.2, 0) is 4.79 Å². The number of hydrogen-bond donors (Lipinski definition) is 1. The predicted molar refractivity (Wildman–Crippen MR) is 82.3 cm³/mol. The Kier molecular flexibility index (Phi) is 4.23. The maximum atomic E-state index is 11.8. The fourth-order valence-corrected chi connectivity index (χ4v) is 1.84. The molecule has 2 aromatic heterocycles. The summed E-state index contributed by atoms with van der Waals surface area (Å²) in [5.41, 5.74) is 1.83. The van der Waals surface area contributed by atoms with Crippen molar-refractivity contribution in [3.05, 3.63) is 54.5 Å². The predicted octanol–water partition coefficient (Wildman–Crippen LogP) is 1.38. The number of nitrogens with zero attached hydrogens (tertiary/aromatic N) is 5. The van der Waals surface area contributed by atoms with E-state index in [1.165, 1.54) is 11.0 Å². The largest absolute Gasteiger partial charge is 0.484 e. The van der Waals surface area contributed by atoms with E-state index in [-0.39, 0.29) is 12.5 Å². The van der Waals surface area contributed by atoms with Crippen molar-refractivity contribution in [3.8, 4) is 11.4 Å². The van der Waals surface area contributed by atoms with Crippen molar-refractivity contribution < 1.29 is 9.53 Å². The van der Waals surface area contributed by atoms with Gasteiger partial charge < -0.3 is 10.1 Å². The summed E-state index contributed by atoms with van der Waals surface area (Å²) in [6, 6.07) is 10.7. The summed E-state index contributed by atoms with van der Waals surface area (Å²) in [6.07, 6.45) is 3.19. The van der Waals surface area contributed by atoms with Crippen LogP contribution in [0.4, 0.5) is 5.82 Å². The molecule has 0 saturated heterocycles. The number of pyridine rings is 1. The third kappa shape index (κ3) is 3.88. The van der Waals surface area contributed by atoms with Crippen molar-refractivity contribution >= 4 is 11.7 Å². The number of tetrazole rings is 1. The fourth-order valence-electron chi connectivity index (χ4n) is 1.84. The quantitative estimate of drug-likeness (QED) is 0.765. The molecule has 0 aliphatic carbocycles. The average Bonchev–Trinajstić information content (AvgIpc) is 3.10. The van der Waals surface area contributed by atoms with Gasteiger partial charge in [0.05, 0.1) is 5.69 Å². The zero-order chi connectivity index (χ0) is 16.1. The van der Waals surface area contributed by atoms with Crippen LogP contribution in [0, 0.1) is 6.92 Å². The Labute approximate surface area is 132 Å². The first-order valence-electron chi connectivity index (χ1n) is 6.89. The van der Waals surface area contributed by atoms with Gasteiger partial charge in [-0.2, -0.15) is 0 Å². The summed E-state index contributed by atoms with van der Waals surface area (Å²) in [5.74, 6) is 0.804. The van der Waals surface area contributed by atoms with E-state index in [9.17, 15) is 4.79 Å². The van der Waals surface area contributed by atoms with Crippen LogP contribution in [0.2, 0.25) is 0 Å². The molecule has 1 amide bonds. The molecule has 0 unspecified atom stereocenters. The number of aromatic nitrogens is 5. The van der Waals surface area contributed by atoms with Gasteiger partial charge >= 0.3 is 0 Å². The minimum Gasteiger partial charge on any atom is -0.484 e. The monoisotopic (exact) mass is 310 g/mol. The summed E-state index contributed by atoms with van der Waals surface area (Å²) in [4.78, 5) is 15.9. The van der Waals surface area contributed by atoms with E-state index in [1.807, 2.05) is 13.0 Å². The van der Waals surface area contributed by atoms with E-state index in [1.54, 1.807) is 36.5 Å². The Morgan fingerprint density at radius 2 is 2.04 bits per heavy atom. The van der Waals surface area contributed by atoms with Crippen LogP contribution < -0.4 is 10.1 Å². The number of carbonyl (C=O) groups is 1. The topological polar surface area (TPSA) is 94.8 Å². The van der Waals surface area contributed by atoms with Gasteiger partial charge in [-0.3, -0.25) is 4.79 Å². The Morgan fingerprint density at radius 3 is 2.70 bits per heavy atom. The van der Waals surface area contributed by atoms with Gasteiger partial charge in [0.1, 0.15) is 17.9 Å². The minimum atomic E-state index is -0.272. The van der Waals surface area contributed by atoms with E-state index in [4.69, 9.17) is 4.74 Å². The van der Waals surface area contributed by atoms with Gasteiger partial charge in [-0.15, -0.1) is 5.10 Å². The van der Waals surface area contributed by atoms with E-state index in [2.05, 4.69) is 25.8 Å². The number of ether oxygens (including phenoxy) is 1. The number of anilines is 1. The molecular formula is C15H14N6O2. The minimum absolute atomic E-state index is 0.0974. The molecule has 0 bridgehead atoms. The molecule has 0 fully saturated rings. The zero-order valence-electron chi connectivity index (χ0n) is 12.4. The molecule has 0 radical (unpaired) electrons. The number of carbonyl (C=O) groups excluding carboxylic acids is 1. The molecule has 0 saturated carbocycles. The van der Waals surface area contributed by atoms with E-state index >= 15 is 0 Å². The summed E-state index contributed by atoms with van der Waals surface area (Å²) in [7, 11) is 0. The van der Waals surface area contributed by atoms with Gasteiger partial charge in [-0.1, -0.05) is 6.07 Å². The number of hydrogen-bond acceptors (Lipinski definition) is 6. The molecule has 8 nitrogen and oxygen atoms in total. The SMILES string of the molecule is Cc1ccc(NC(=O)COc2ccc(-n3cnnn3)cc2)nc1. The Hall–Kier alpha value is -3.29. The van der Waals surface area contributed by atoms with Crippen LogP contribution in [0.1, 0.15) is 5.56 Å². The average molecular weight is 310 g/mol. The molecule has 2 heterocycles. The van der Waals surface area contributed by atoms with Crippen molar-refractivity contribution in [1.82, 2.24) is 25.2 Å². The second-order valence-corrected chi connectivity index (χ2v) is 4.81. The number of rotatable bonds is 5. The van der Waals surface area contributed by atoms with E-state index in [0.29, 0.717) is 11.6 Å². The molecule has 0 aliphatic rings. The number of benzene rings is 1. The number of nitrogens with one attached hydrogen (secondary N) is 1. The van der Waals surface area contributed by atoms with Crippen LogP contribution in [0.25, 0.3) is 5.69 Å². The summed E-state index contributed by atoms with van der Waals surface area (Å²) < 4.78 is 6.96. The molecule has 23 heavy (non-hydrogen) atoms. The molecule has 0 spiro atoms. The third-order valence-electron chi connectivity index (χ3n) is 3.00. The number of amides is 1. The van der Waals surface area contributed by atoms with Gasteiger partial charge in [0, 0.05) is 6.20 Å². The smallest absolute Gasteiger partial charge is 0.263 e. The maximum absolute atomic E-state index is 11.8. The van der Waals surface area contributed by atoms with E-state index < -0.39 is 0 Å². The molecular weight excluding hydrogens is 296 g/mol. The third-order valence-corrected chi connectivity index (χ3v) is 3.00. The molecule has 1 aromatic carbocycles. The maximum Gasteiger partial charge on any atom is 0.263 e. The van der Waals surface area contributed by atoms with Crippen molar-refractivity contribution in [1.29, 1.82) is 0 Å². The van der Waals surface area contributed by atoms with Crippen LogP contribution in [0.3, 0.4) is 0 Å². The van der Waals surface area contributed by atoms with Crippen LogP contribution in [0.15, 0.2) is 48.9 Å². The second kappa shape index (κ2) is 6.65. The van der Waals surface area contributed by atoms with Crippen molar-refractivity contribution in [2.24, 2.45) is 0 Å². The van der Waals surface area contributed by atoms with Gasteiger partial charge in [-0.05, 0) is 53.2 Å². The van der Waals surface area contributed by atoms with Crippen LogP contribution in [0.5, 0.6) is 5.75 Å². The summed E-state index contributed by atoms with van der Waals surface area (Å²) in [5, 5.41) is 13.6. The molecule has 3 rings (SSSR count). The lowest BCUT2D eigenvalue weighted by atomic mass is 10.3. The lowest BCUT2D eigenvalue weighted by molar-refractivity contribution is -0.118. The van der Waals surface area contributed by atoms with Crippen molar-refractivity contribution in [3.63, 3.8) is 0 Å². The highest BCUT2D eigenvalue weighted by Crippen LogP contribution is 2.14. The normalized spacial score (nSPS) is 10.3. The summed E-state index contributed by atoms with van der Waals surface area (Å²) >= 11 is 0. The molecule has 116 valence electrons. The highest BCUT2D eigenvalue weighted by molar-refractivity contribution is 5.90. The Balaban J connectivity index is 1.53. The molecule has 1 N–H and O–H groups in total. The van der Waals surface area contributed by atoms with Gasteiger partial charge in [0.25, 0.3) is 5.91 Å². The molecule has 8 heteroatoms. The highest BCUT2D eigenvalue weighted by Gasteiger charge is 2.05. The first-order chi connectivity index (χ1) is 11.2. The first-order valence-corrected chi connectivity index (χ1v) is 6.89. The molecule has 3 aromatic rings.